The molecule has 0 saturated heterocycles. The van der Waals surface area contributed by atoms with E-state index in [1.807, 2.05) is 78.9 Å². The highest BCUT2D eigenvalue weighted by Gasteiger charge is 2.32. The number of benzene rings is 6. The predicted octanol–water partition coefficient (Wildman–Crippen LogP) is 11.9. The highest BCUT2D eigenvalue weighted by molar-refractivity contribution is 6.09. The van der Waals surface area contributed by atoms with Gasteiger partial charge in [0.2, 0.25) is 0 Å². The third-order valence-electron chi connectivity index (χ3n) is 8.97. The summed E-state index contributed by atoms with van der Waals surface area (Å²) in [7, 11) is 3.19. The van der Waals surface area contributed by atoms with Crippen molar-refractivity contribution in [2.75, 3.05) is 24.0 Å². The van der Waals surface area contributed by atoms with Crippen molar-refractivity contribution >= 4 is 45.0 Å². The van der Waals surface area contributed by atoms with E-state index in [-0.39, 0.29) is 0 Å². The van der Waals surface area contributed by atoms with Crippen LogP contribution in [0.4, 0.5) is 47.3 Å². The normalized spacial score (nSPS) is 12.4. The highest BCUT2D eigenvalue weighted by atomic mass is 19.4. The van der Waals surface area contributed by atoms with Gasteiger partial charge in [0, 0.05) is 22.7 Å². The third-order valence-corrected chi connectivity index (χ3v) is 8.97. The summed E-state index contributed by atoms with van der Waals surface area (Å²) in [5.74, 6) is 1.22. The Hall–Kier alpha value is -6.28. The summed E-state index contributed by atoms with van der Waals surface area (Å²) in [6, 6.07) is 45.5. The lowest BCUT2D eigenvalue weighted by atomic mass is 9.96. The molecule has 2 heterocycles. The van der Waals surface area contributed by atoms with Crippen LogP contribution in [-0.4, -0.2) is 19.2 Å². The van der Waals surface area contributed by atoms with Gasteiger partial charge in [0.05, 0.1) is 59.4 Å². The minimum atomic E-state index is -4.45. The molecule has 0 radical (unpaired) electrons. The van der Waals surface area contributed by atoms with Crippen LogP contribution >= 0.6 is 0 Å². The molecule has 5 nitrogen and oxygen atoms in total. The third kappa shape index (κ3) is 5.35. The topological polar surface area (TPSA) is 37.8 Å². The van der Waals surface area contributed by atoms with Gasteiger partial charge < -0.3 is 19.3 Å². The van der Waals surface area contributed by atoms with E-state index < -0.39 is 11.7 Å². The number of hydrogen-bond acceptors (Lipinski definition) is 5. The van der Waals surface area contributed by atoms with Gasteiger partial charge in [-0.25, -0.2) is 4.98 Å². The number of methoxy groups -OCH3 is 2. The molecule has 246 valence electrons. The van der Waals surface area contributed by atoms with Gasteiger partial charge in [-0.1, -0.05) is 66.7 Å². The van der Waals surface area contributed by atoms with Gasteiger partial charge in [-0.05, 0) is 83.9 Å². The average molecular weight is 666 g/mol. The zero-order chi connectivity index (χ0) is 34.4. The molecule has 8 heteroatoms. The maximum absolute atomic E-state index is 13.5. The van der Waals surface area contributed by atoms with E-state index in [9.17, 15) is 13.2 Å². The van der Waals surface area contributed by atoms with Crippen LogP contribution in [0.25, 0.3) is 33.3 Å². The monoisotopic (exact) mass is 665 g/mol. The van der Waals surface area contributed by atoms with E-state index in [4.69, 9.17) is 14.5 Å². The number of para-hydroxylation sites is 6. The Morgan fingerprint density at radius 1 is 0.520 bits per heavy atom. The number of rotatable bonds is 6. The van der Waals surface area contributed by atoms with Crippen LogP contribution in [0.2, 0.25) is 0 Å². The second kappa shape index (κ2) is 12.3. The molecule has 50 heavy (non-hydrogen) atoms. The lowest BCUT2D eigenvalue weighted by Gasteiger charge is -2.40. The van der Waals surface area contributed by atoms with Gasteiger partial charge >= 0.3 is 6.18 Å². The van der Waals surface area contributed by atoms with Crippen molar-refractivity contribution in [2.45, 2.75) is 6.18 Å². The van der Waals surface area contributed by atoms with Crippen molar-refractivity contribution in [3.05, 3.63) is 151 Å². The van der Waals surface area contributed by atoms with Crippen LogP contribution in [0.5, 0.6) is 11.5 Å². The first kappa shape index (κ1) is 31.0. The fraction of sp³-hybridized carbons (Fsp3) is 0.0714. The van der Waals surface area contributed by atoms with E-state index in [1.54, 1.807) is 20.3 Å². The van der Waals surface area contributed by atoms with Gasteiger partial charge in [0.15, 0.2) is 0 Å². The van der Waals surface area contributed by atoms with Crippen LogP contribution in [0.3, 0.4) is 0 Å². The first-order valence-electron chi connectivity index (χ1n) is 16.0. The summed E-state index contributed by atoms with van der Waals surface area (Å²) < 4.78 is 51.9. The Labute approximate surface area is 287 Å². The van der Waals surface area contributed by atoms with Crippen LogP contribution in [0, 0.1) is 0 Å². The Bertz CT molecular complexity index is 2290. The molecule has 0 spiro atoms. The van der Waals surface area contributed by atoms with Gasteiger partial charge in [-0.15, -0.1) is 0 Å². The molecule has 0 unspecified atom stereocenters. The van der Waals surface area contributed by atoms with Crippen molar-refractivity contribution in [1.29, 1.82) is 0 Å². The zero-order valence-corrected chi connectivity index (χ0v) is 27.1. The Kier molecular flexibility index (Phi) is 7.64. The summed E-state index contributed by atoms with van der Waals surface area (Å²) in [6.07, 6.45) is -4.45. The van der Waals surface area contributed by atoms with Crippen molar-refractivity contribution in [2.24, 2.45) is 0 Å². The maximum Gasteiger partial charge on any atom is 0.416 e. The summed E-state index contributed by atoms with van der Waals surface area (Å²) >= 11 is 0. The number of halogens is 3. The fourth-order valence-corrected chi connectivity index (χ4v) is 6.65. The van der Waals surface area contributed by atoms with E-state index >= 15 is 0 Å². The lowest BCUT2D eigenvalue weighted by Crippen LogP contribution is -2.24. The van der Waals surface area contributed by atoms with Crippen LogP contribution in [-0.2, 0) is 6.18 Å². The molecule has 0 N–H and O–H groups in total. The summed E-state index contributed by atoms with van der Waals surface area (Å²) in [5.41, 5.74) is 8.42. The summed E-state index contributed by atoms with van der Waals surface area (Å²) in [4.78, 5) is 9.67. The maximum atomic E-state index is 13.5. The molecular weight excluding hydrogens is 635 g/mol. The number of nitrogens with zero attached hydrogens (tertiary/aromatic N) is 3. The van der Waals surface area contributed by atoms with Gasteiger partial charge in [-0.3, -0.25) is 0 Å². The van der Waals surface area contributed by atoms with Crippen molar-refractivity contribution in [1.82, 2.24) is 4.98 Å². The number of hydrogen-bond donors (Lipinski definition) is 0. The Morgan fingerprint density at radius 3 is 1.62 bits per heavy atom. The van der Waals surface area contributed by atoms with Crippen molar-refractivity contribution in [3.63, 3.8) is 0 Å². The van der Waals surface area contributed by atoms with Crippen LogP contribution in [0.15, 0.2) is 146 Å². The van der Waals surface area contributed by atoms with E-state index in [1.165, 1.54) is 12.1 Å². The first-order valence-corrected chi connectivity index (χ1v) is 16.0. The Morgan fingerprint density at radius 2 is 1.06 bits per heavy atom. The van der Waals surface area contributed by atoms with E-state index in [0.717, 1.165) is 62.8 Å². The first-order chi connectivity index (χ1) is 24.3. The zero-order valence-electron chi connectivity index (χ0n) is 27.1. The second-order valence-electron chi connectivity index (χ2n) is 11.9. The molecule has 0 atom stereocenters. The van der Waals surface area contributed by atoms with Crippen molar-refractivity contribution in [3.8, 4) is 33.9 Å². The summed E-state index contributed by atoms with van der Waals surface area (Å²) in [5, 5.41) is 0.855. The Balaban J connectivity index is 1.41. The standard InChI is InChI=1S/C42H30F3N3O2/c1-49-31-23-28(24-32(25-31)50-2)34-26-35(27-19-21-29(22-20-27)42(43,44)45)46-41-33(34)13-10-18-40(41)48-38-16-8-6-14-36(38)47(30-11-4-3-5-12-30)37-15-7-9-17-39(37)48/h3-26H,1-2H3. The lowest BCUT2D eigenvalue weighted by molar-refractivity contribution is -0.137. The van der Waals surface area contributed by atoms with Gasteiger partial charge in [-0.2, -0.15) is 13.2 Å². The number of pyridine rings is 1. The number of anilines is 6. The molecule has 0 amide bonds. The molecule has 1 aliphatic rings. The molecule has 0 fully saturated rings. The summed E-state index contributed by atoms with van der Waals surface area (Å²) in [6.45, 7) is 0. The van der Waals surface area contributed by atoms with E-state index in [2.05, 4.69) is 46.2 Å². The molecule has 8 rings (SSSR count). The van der Waals surface area contributed by atoms with Gasteiger partial charge in [0.1, 0.15) is 11.5 Å². The minimum absolute atomic E-state index is 0.528. The molecule has 0 saturated carbocycles. The molecular formula is C42H30F3N3O2. The van der Waals surface area contributed by atoms with Crippen LogP contribution < -0.4 is 19.3 Å². The molecule has 6 aromatic carbocycles. The SMILES string of the molecule is COc1cc(OC)cc(-c2cc(-c3ccc(C(F)(F)F)cc3)nc3c(N4c5ccccc5N(c5ccccc5)c5ccccc54)cccc23)c1. The van der Waals surface area contributed by atoms with Gasteiger partial charge in [0.25, 0.3) is 0 Å². The second-order valence-corrected chi connectivity index (χ2v) is 11.9. The van der Waals surface area contributed by atoms with Crippen molar-refractivity contribution < 1.29 is 22.6 Å². The van der Waals surface area contributed by atoms with Crippen LogP contribution in [0.1, 0.15) is 5.56 Å². The number of aromatic nitrogens is 1. The number of fused-ring (bicyclic) bond motifs is 3. The molecule has 1 aromatic heterocycles. The average Bonchev–Trinajstić information content (AvgIpc) is 3.16. The predicted molar refractivity (Wildman–Crippen MR) is 194 cm³/mol. The molecule has 7 aromatic rings. The fourth-order valence-electron chi connectivity index (χ4n) is 6.65. The van der Waals surface area contributed by atoms with E-state index in [0.29, 0.717) is 28.3 Å². The number of ether oxygens (including phenoxy) is 2. The quantitative estimate of drug-likeness (QED) is 0.177. The molecule has 1 aliphatic heterocycles. The molecule has 0 aliphatic carbocycles. The number of alkyl halides is 3. The largest absolute Gasteiger partial charge is 0.497 e. The highest BCUT2D eigenvalue weighted by Crippen LogP contribution is 2.55. The smallest absolute Gasteiger partial charge is 0.416 e. The molecule has 0 bridgehead atoms. The minimum Gasteiger partial charge on any atom is -0.497 e.